The van der Waals surface area contributed by atoms with E-state index in [4.69, 9.17) is 30.4 Å². The Kier molecular flexibility index (Phi) is 10.9. The smallest absolute Gasteiger partial charge is 0.490 e. The van der Waals surface area contributed by atoms with E-state index in [2.05, 4.69) is 5.32 Å². The van der Waals surface area contributed by atoms with Gasteiger partial charge >= 0.3 is 18.1 Å². The van der Waals surface area contributed by atoms with Crippen LogP contribution in [0.5, 0.6) is 5.75 Å². The fraction of sp³-hybridized carbons (Fsp3) is 0.261. The standard InChI is InChI=1S/C21H22N4O4.C2HF3O2/c1-25(2)20(23)15-6-8-16(9-7-15)21(28)24-17(11-19(26)27)13-29-18-5-3-4-14(10-18)12-22;3-2(4,5)1(6)7/h3-10,17,23H,11,13H2,1-2H3,(H,24,28)(H,26,27);(H,6,7)/t17-;/m1./s1. The summed E-state index contributed by atoms with van der Waals surface area (Å²) in [6.07, 6.45) is -5.40. The Labute approximate surface area is 204 Å². The van der Waals surface area contributed by atoms with Gasteiger partial charge in [0.05, 0.1) is 24.1 Å². The predicted octanol–water partition coefficient (Wildman–Crippen LogP) is 2.73. The maximum Gasteiger partial charge on any atom is 0.490 e. The zero-order chi connectivity index (χ0) is 27.5. The zero-order valence-electron chi connectivity index (χ0n) is 19.2. The molecule has 0 radical (unpaired) electrons. The second-order valence-corrected chi connectivity index (χ2v) is 7.34. The number of aliphatic carboxylic acids is 2. The van der Waals surface area contributed by atoms with Gasteiger partial charge in [0, 0.05) is 25.2 Å². The van der Waals surface area contributed by atoms with Crippen LogP contribution in [0, 0.1) is 16.7 Å². The number of rotatable bonds is 8. The van der Waals surface area contributed by atoms with Crippen molar-refractivity contribution in [2.24, 2.45) is 0 Å². The number of hydrogen-bond acceptors (Lipinski definition) is 6. The van der Waals surface area contributed by atoms with Crippen molar-refractivity contribution in [1.29, 1.82) is 10.7 Å². The Bertz CT molecular complexity index is 1130. The van der Waals surface area contributed by atoms with Crippen LogP contribution in [0.25, 0.3) is 0 Å². The molecule has 0 heterocycles. The molecule has 1 amide bonds. The highest BCUT2D eigenvalue weighted by Crippen LogP contribution is 2.14. The molecule has 0 aliphatic heterocycles. The van der Waals surface area contributed by atoms with E-state index in [1.54, 1.807) is 61.5 Å². The van der Waals surface area contributed by atoms with Crippen molar-refractivity contribution < 1.29 is 42.5 Å². The van der Waals surface area contributed by atoms with Crippen LogP contribution in [0.15, 0.2) is 48.5 Å². The molecule has 1 atom stereocenters. The quantitative estimate of drug-likeness (QED) is 0.312. The molecule has 10 nitrogen and oxygen atoms in total. The molecule has 192 valence electrons. The molecule has 0 spiro atoms. The first-order valence-electron chi connectivity index (χ1n) is 10.1. The molecule has 0 aliphatic carbocycles. The van der Waals surface area contributed by atoms with E-state index in [0.717, 1.165) is 0 Å². The normalized spacial score (nSPS) is 11.1. The van der Waals surface area contributed by atoms with Gasteiger partial charge in [-0.1, -0.05) is 18.2 Å². The number of alkyl halides is 3. The minimum Gasteiger partial charge on any atom is -0.491 e. The Morgan fingerprint density at radius 1 is 1.11 bits per heavy atom. The van der Waals surface area contributed by atoms with Crippen LogP contribution in [0.1, 0.15) is 27.9 Å². The van der Waals surface area contributed by atoms with Gasteiger partial charge in [0.15, 0.2) is 0 Å². The van der Waals surface area contributed by atoms with Crippen molar-refractivity contribution in [2.75, 3.05) is 20.7 Å². The number of nitrogens with zero attached hydrogens (tertiary/aromatic N) is 2. The number of nitrogens with one attached hydrogen (secondary N) is 2. The van der Waals surface area contributed by atoms with Crippen LogP contribution in [0.4, 0.5) is 13.2 Å². The maximum absolute atomic E-state index is 12.5. The van der Waals surface area contributed by atoms with Gasteiger partial charge in [-0.3, -0.25) is 15.0 Å². The number of carbonyl (C=O) groups excluding carboxylic acids is 1. The molecule has 13 heteroatoms. The van der Waals surface area contributed by atoms with E-state index in [1.165, 1.54) is 6.07 Å². The molecule has 2 aromatic rings. The van der Waals surface area contributed by atoms with Gasteiger partial charge in [-0.15, -0.1) is 0 Å². The van der Waals surface area contributed by atoms with Gasteiger partial charge in [0.2, 0.25) is 0 Å². The molecule has 2 rings (SSSR count). The highest BCUT2D eigenvalue weighted by Gasteiger charge is 2.38. The lowest BCUT2D eigenvalue weighted by Gasteiger charge is -2.18. The Morgan fingerprint density at radius 3 is 2.14 bits per heavy atom. The second-order valence-electron chi connectivity index (χ2n) is 7.34. The summed E-state index contributed by atoms with van der Waals surface area (Å²) in [6.45, 7) is -0.0592. The van der Waals surface area contributed by atoms with Gasteiger partial charge in [0.25, 0.3) is 5.91 Å². The van der Waals surface area contributed by atoms with E-state index in [9.17, 15) is 22.8 Å². The summed E-state index contributed by atoms with van der Waals surface area (Å²) in [5.41, 5.74) is 1.43. The summed E-state index contributed by atoms with van der Waals surface area (Å²) in [6, 6.07) is 14.2. The molecule has 2 aromatic carbocycles. The molecular formula is C23H23F3N4O6. The third-order valence-corrected chi connectivity index (χ3v) is 4.28. The van der Waals surface area contributed by atoms with E-state index < -0.39 is 30.1 Å². The molecule has 0 bridgehead atoms. The van der Waals surface area contributed by atoms with E-state index >= 15 is 0 Å². The lowest BCUT2D eigenvalue weighted by Crippen LogP contribution is -2.40. The van der Waals surface area contributed by atoms with Crippen LogP contribution >= 0.6 is 0 Å². The highest BCUT2D eigenvalue weighted by molar-refractivity contribution is 5.98. The Morgan fingerprint density at radius 2 is 1.67 bits per heavy atom. The number of nitriles is 1. The number of carbonyl (C=O) groups is 3. The highest BCUT2D eigenvalue weighted by atomic mass is 19.4. The lowest BCUT2D eigenvalue weighted by atomic mass is 10.1. The first kappa shape index (κ1) is 29.4. The average Bonchev–Trinajstić information content (AvgIpc) is 2.81. The average molecular weight is 508 g/mol. The maximum atomic E-state index is 12.5. The molecule has 0 unspecified atom stereocenters. The SMILES string of the molecule is CN(C)C(=N)c1ccc(C(=O)N[C@@H](COc2cccc(C#N)c2)CC(=O)O)cc1.O=C(O)C(F)(F)F. The first-order chi connectivity index (χ1) is 16.7. The number of benzene rings is 2. The fourth-order valence-electron chi connectivity index (χ4n) is 2.52. The van der Waals surface area contributed by atoms with E-state index in [-0.39, 0.29) is 13.0 Å². The minimum atomic E-state index is -5.08. The summed E-state index contributed by atoms with van der Waals surface area (Å²) < 4.78 is 37.3. The van der Waals surface area contributed by atoms with E-state index in [1.807, 2.05) is 6.07 Å². The number of carboxylic acids is 2. The zero-order valence-corrected chi connectivity index (χ0v) is 19.2. The molecule has 4 N–H and O–H groups in total. The van der Waals surface area contributed by atoms with Crippen molar-refractivity contribution in [3.8, 4) is 11.8 Å². The largest absolute Gasteiger partial charge is 0.491 e. The van der Waals surface area contributed by atoms with Crippen molar-refractivity contribution in [3.05, 3.63) is 65.2 Å². The van der Waals surface area contributed by atoms with Crippen molar-refractivity contribution in [2.45, 2.75) is 18.6 Å². The van der Waals surface area contributed by atoms with Gasteiger partial charge in [-0.2, -0.15) is 18.4 Å². The van der Waals surface area contributed by atoms with Gasteiger partial charge < -0.3 is 25.2 Å². The topological polar surface area (TPSA) is 164 Å². The molecule has 0 fully saturated rings. The summed E-state index contributed by atoms with van der Waals surface area (Å²) in [7, 11) is 3.51. The predicted molar refractivity (Wildman–Crippen MR) is 121 cm³/mol. The van der Waals surface area contributed by atoms with Gasteiger partial charge in [0.1, 0.15) is 18.2 Å². The lowest BCUT2D eigenvalue weighted by molar-refractivity contribution is -0.192. The number of ether oxygens (including phenoxy) is 1. The molecule has 0 aliphatic rings. The molecular weight excluding hydrogens is 485 g/mol. The van der Waals surface area contributed by atoms with Crippen LogP contribution in [0.3, 0.4) is 0 Å². The number of hydrogen-bond donors (Lipinski definition) is 4. The second kappa shape index (κ2) is 13.3. The van der Waals surface area contributed by atoms with Gasteiger partial charge in [-0.05, 0) is 30.3 Å². The monoisotopic (exact) mass is 508 g/mol. The van der Waals surface area contributed by atoms with Crippen LogP contribution < -0.4 is 10.1 Å². The van der Waals surface area contributed by atoms with Crippen molar-refractivity contribution in [3.63, 3.8) is 0 Å². The summed E-state index contributed by atoms with van der Waals surface area (Å²) in [4.78, 5) is 34.2. The molecule has 0 saturated carbocycles. The van der Waals surface area contributed by atoms with Crippen LogP contribution in [-0.4, -0.2) is 71.7 Å². The first-order valence-corrected chi connectivity index (χ1v) is 10.1. The van der Waals surface area contributed by atoms with Crippen molar-refractivity contribution >= 4 is 23.7 Å². The number of carboxylic acid groups (broad SMARTS) is 2. The summed E-state index contributed by atoms with van der Waals surface area (Å²) >= 11 is 0. The molecule has 0 aromatic heterocycles. The van der Waals surface area contributed by atoms with Crippen molar-refractivity contribution in [1.82, 2.24) is 10.2 Å². The Balaban J connectivity index is 0.000000809. The Hall–Kier alpha value is -4.60. The fourth-order valence-corrected chi connectivity index (χ4v) is 2.52. The summed E-state index contributed by atoms with van der Waals surface area (Å²) in [5.74, 6) is -3.53. The number of amides is 1. The minimum absolute atomic E-state index is 0.0592. The molecule has 36 heavy (non-hydrogen) atoms. The number of halogens is 3. The van der Waals surface area contributed by atoms with E-state index in [0.29, 0.717) is 28.3 Å². The van der Waals surface area contributed by atoms with Crippen LogP contribution in [0.2, 0.25) is 0 Å². The third kappa shape index (κ3) is 10.1. The summed E-state index contributed by atoms with van der Waals surface area (Å²) in [5, 5.41) is 35.8. The van der Waals surface area contributed by atoms with Crippen LogP contribution in [-0.2, 0) is 9.59 Å². The third-order valence-electron chi connectivity index (χ3n) is 4.28. The number of amidine groups is 1. The molecule has 0 saturated heterocycles. The van der Waals surface area contributed by atoms with Gasteiger partial charge in [-0.25, -0.2) is 4.79 Å².